The maximum atomic E-state index is 13.1. The molecule has 1 heterocycles. The maximum Gasteiger partial charge on any atom is 0.278 e. The molecule has 5 aliphatic rings. The van der Waals surface area contributed by atoms with Gasteiger partial charge in [-0.1, -0.05) is 12.1 Å². The SMILES string of the molecule is C[C@H](C(=O)NC12CC3CC(CC(C3)C1)C2)[NH+]1CCN(c2ccccc2O)CC1. The molecule has 0 unspecified atom stereocenters. The summed E-state index contributed by atoms with van der Waals surface area (Å²) in [5.74, 6) is 3.18. The van der Waals surface area contributed by atoms with Crippen LogP contribution in [0.15, 0.2) is 24.3 Å². The zero-order valence-corrected chi connectivity index (χ0v) is 17.0. The van der Waals surface area contributed by atoms with Gasteiger partial charge in [-0.2, -0.15) is 0 Å². The Hall–Kier alpha value is -1.75. The second kappa shape index (κ2) is 6.94. The molecule has 1 amide bonds. The molecule has 4 saturated carbocycles. The summed E-state index contributed by atoms with van der Waals surface area (Å²) in [6.45, 7) is 5.72. The second-order valence-electron chi connectivity index (χ2n) is 10.0. The topological polar surface area (TPSA) is 57.0 Å². The standard InChI is InChI=1S/C23H33N3O2/c1-16(25-6-8-26(9-7-25)20-4-2-3-5-21(20)27)22(28)24-23-13-17-10-18(14-23)12-19(11-17)15-23/h2-5,16-19,27H,6-15H2,1H3,(H,24,28)/p+1/t16-,17?,18?,19?,23?/m1/s1. The van der Waals surface area contributed by atoms with E-state index in [1.54, 1.807) is 6.07 Å². The average molecular weight is 385 g/mol. The van der Waals surface area contributed by atoms with Gasteiger partial charge < -0.3 is 20.2 Å². The van der Waals surface area contributed by atoms with Crippen molar-refractivity contribution in [2.45, 2.75) is 57.0 Å². The number of carbonyl (C=O) groups excluding carboxylic acids is 1. The van der Waals surface area contributed by atoms with Gasteiger partial charge in [-0.05, 0) is 75.3 Å². The molecule has 5 heteroatoms. The molecule has 6 rings (SSSR count). The van der Waals surface area contributed by atoms with Gasteiger partial charge >= 0.3 is 0 Å². The van der Waals surface area contributed by atoms with E-state index in [9.17, 15) is 9.90 Å². The Balaban J connectivity index is 1.19. The molecule has 5 nitrogen and oxygen atoms in total. The van der Waals surface area contributed by atoms with Gasteiger partial charge in [0.25, 0.3) is 5.91 Å². The number of nitrogens with zero attached hydrogens (tertiary/aromatic N) is 1. The van der Waals surface area contributed by atoms with E-state index in [0.29, 0.717) is 5.75 Å². The zero-order valence-electron chi connectivity index (χ0n) is 17.0. The normalized spacial score (nSPS) is 35.8. The fourth-order valence-electron chi connectivity index (χ4n) is 7.02. The van der Waals surface area contributed by atoms with Crippen LogP contribution in [0.4, 0.5) is 5.69 Å². The molecule has 152 valence electrons. The van der Waals surface area contributed by atoms with Crippen LogP contribution in [0.25, 0.3) is 0 Å². The molecule has 1 aromatic rings. The minimum Gasteiger partial charge on any atom is -0.506 e. The number of benzene rings is 1. The van der Waals surface area contributed by atoms with Crippen molar-refractivity contribution in [2.75, 3.05) is 31.1 Å². The fourth-order valence-corrected chi connectivity index (χ4v) is 7.02. The lowest BCUT2D eigenvalue weighted by atomic mass is 9.53. The molecule has 4 bridgehead atoms. The number of piperazine rings is 1. The number of phenols is 1. The number of amides is 1. The molecule has 0 spiro atoms. The van der Waals surface area contributed by atoms with Crippen molar-refractivity contribution in [3.63, 3.8) is 0 Å². The van der Waals surface area contributed by atoms with E-state index < -0.39 is 0 Å². The summed E-state index contributed by atoms with van der Waals surface area (Å²) in [6.07, 6.45) is 7.87. The van der Waals surface area contributed by atoms with Gasteiger partial charge in [0.15, 0.2) is 6.04 Å². The predicted octanol–water partition coefficient (Wildman–Crippen LogP) is 1.57. The number of anilines is 1. The smallest absolute Gasteiger partial charge is 0.278 e. The summed E-state index contributed by atoms with van der Waals surface area (Å²) >= 11 is 0. The zero-order chi connectivity index (χ0) is 19.3. The van der Waals surface area contributed by atoms with Crippen molar-refractivity contribution in [1.29, 1.82) is 0 Å². The molecule has 4 aliphatic carbocycles. The van der Waals surface area contributed by atoms with Crippen molar-refractivity contribution >= 4 is 11.6 Å². The van der Waals surface area contributed by atoms with E-state index in [1.165, 1.54) is 43.4 Å². The van der Waals surface area contributed by atoms with Gasteiger partial charge in [0, 0.05) is 5.54 Å². The number of hydrogen-bond acceptors (Lipinski definition) is 3. The summed E-state index contributed by atoms with van der Waals surface area (Å²) in [4.78, 5) is 16.8. The van der Waals surface area contributed by atoms with Gasteiger partial charge in [0.1, 0.15) is 5.75 Å². The number of phenolic OH excluding ortho intramolecular Hbond substituents is 1. The Labute approximate surface area is 168 Å². The fraction of sp³-hybridized carbons (Fsp3) is 0.696. The van der Waals surface area contributed by atoms with Crippen LogP contribution in [0.1, 0.15) is 45.4 Å². The number of para-hydroxylation sites is 2. The Morgan fingerprint density at radius 3 is 2.25 bits per heavy atom. The summed E-state index contributed by atoms with van der Waals surface area (Å²) in [7, 11) is 0. The minimum atomic E-state index is -0.000440. The van der Waals surface area contributed by atoms with Crippen LogP contribution in [-0.2, 0) is 4.79 Å². The Morgan fingerprint density at radius 2 is 1.68 bits per heavy atom. The van der Waals surface area contributed by atoms with Crippen molar-refractivity contribution < 1.29 is 14.8 Å². The van der Waals surface area contributed by atoms with Crippen molar-refractivity contribution in [1.82, 2.24) is 5.32 Å². The van der Waals surface area contributed by atoms with Crippen LogP contribution in [0.3, 0.4) is 0 Å². The third kappa shape index (κ3) is 3.28. The molecule has 28 heavy (non-hydrogen) atoms. The molecule has 0 radical (unpaired) electrons. The molecule has 5 fully saturated rings. The molecular weight excluding hydrogens is 350 g/mol. The first kappa shape index (κ1) is 18.3. The van der Waals surface area contributed by atoms with Crippen LogP contribution < -0.4 is 15.1 Å². The van der Waals surface area contributed by atoms with Gasteiger partial charge in [-0.3, -0.25) is 4.79 Å². The highest BCUT2D eigenvalue weighted by atomic mass is 16.3. The lowest BCUT2D eigenvalue weighted by Gasteiger charge is -2.57. The summed E-state index contributed by atoms with van der Waals surface area (Å²) in [5, 5.41) is 13.7. The highest BCUT2D eigenvalue weighted by Gasteiger charge is 2.52. The Morgan fingerprint density at radius 1 is 1.11 bits per heavy atom. The summed E-state index contributed by atoms with van der Waals surface area (Å²) in [5.41, 5.74) is 1.02. The van der Waals surface area contributed by atoms with Gasteiger partial charge in [0.2, 0.25) is 0 Å². The number of hydrogen-bond donors (Lipinski definition) is 3. The number of quaternary nitrogens is 1. The first-order chi connectivity index (χ1) is 13.5. The molecule has 0 aromatic heterocycles. The molecule has 1 saturated heterocycles. The monoisotopic (exact) mass is 384 g/mol. The van der Waals surface area contributed by atoms with Crippen molar-refractivity contribution in [3.05, 3.63) is 24.3 Å². The highest BCUT2D eigenvalue weighted by Crippen LogP contribution is 2.55. The second-order valence-corrected chi connectivity index (χ2v) is 10.0. The van der Waals surface area contributed by atoms with Gasteiger partial charge in [0.05, 0.1) is 31.9 Å². The van der Waals surface area contributed by atoms with Crippen LogP contribution >= 0.6 is 0 Å². The number of aromatic hydroxyl groups is 1. The lowest BCUT2D eigenvalue weighted by Crippen LogP contribution is -3.19. The summed E-state index contributed by atoms with van der Waals surface area (Å²) in [6, 6.07) is 7.55. The molecular formula is C23H34N3O2+. The number of rotatable bonds is 4. The number of nitrogens with one attached hydrogen (secondary N) is 2. The minimum absolute atomic E-state index is 0.000440. The van der Waals surface area contributed by atoms with Gasteiger partial charge in [-0.25, -0.2) is 0 Å². The number of carbonyl (C=O) groups is 1. The Bertz CT molecular complexity index is 706. The van der Waals surface area contributed by atoms with E-state index >= 15 is 0 Å². The molecule has 1 atom stereocenters. The van der Waals surface area contributed by atoms with Crippen LogP contribution in [-0.4, -0.2) is 48.8 Å². The van der Waals surface area contributed by atoms with E-state index in [4.69, 9.17) is 0 Å². The predicted molar refractivity (Wildman–Crippen MR) is 110 cm³/mol. The first-order valence-electron chi connectivity index (χ1n) is 11.2. The average Bonchev–Trinajstić information content (AvgIpc) is 2.66. The van der Waals surface area contributed by atoms with E-state index in [2.05, 4.69) is 17.1 Å². The largest absolute Gasteiger partial charge is 0.506 e. The third-order valence-electron chi connectivity index (χ3n) is 8.06. The lowest BCUT2D eigenvalue weighted by molar-refractivity contribution is -0.914. The molecule has 1 aromatic carbocycles. The molecule has 1 aliphatic heterocycles. The van der Waals surface area contributed by atoms with Crippen LogP contribution in [0, 0.1) is 17.8 Å². The van der Waals surface area contributed by atoms with E-state index in [0.717, 1.165) is 49.6 Å². The maximum absolute atomic E-state index is 13.1. The van der Waals surface area contributed by atoms with Crippen LogP contribution in [0.2, 0.25) is 0 Å². The first-order valence-corrected chi connectivity index (χ1v) is 11.2. The Kier molecular flexibility index (Phi) is 4.53. The molecule has 3 N–H and O–H groups in total. The van der Waals surface area contributed by atoms with Gasteiger partial charge in [-0.15, -0.1) is 0 Å². The van der Waals surface area contributed by atoms with E-state index in [1.807, 2.05) is 18.2 Å². The quantitative estimate of drug-likeness (QED) is 0.739. The third-order valence-corrected chi connectivity index (χ3v) is 8.06. The van der Waals surface area contributed by atoms with Crippen molar-refractivity contribution in [3.8, 4) is 5.75 Å². The summed E-state index contributed by atoms with van der Waals surface area (Å²) < 4.78 is 0. The highest BCUT2D eigenvalue weighted by molar-refractivity contribution is 5.80. The van der Waals surface area contributed by atoms with Crippen molar-refractivity contribution in [2.24, 2.45) is 17.8 Å². The van der Waals surface area contributed by atoms with Crippen LogP contribution in [0.5, 0.6) is 5.75 Å². The van der Waals surface area contributed by atoms with E-state index in [-0.39, 0.29) is 17.5 Å².